The number of rotatable bonds is 10. The second-order valence-corrected chi connectivity index (χ2v) is 7.94. The largest absolute Gasteiger partial charge is 0.484 e. The molecule has 0 unspecified atom stereocenters. The third kappa shape index (κ3) is 6.92. The molecule has 5 nitrogen and oxygen atoms in total. The first-order chi connectivity index (χ1) is 14.3. The molecule has 0 bridgehead atoms. The highest BCUT2D eigenvalue weighted by molar-refractivity contribution is 6.31. The van der Waals surface area contributed by atoms with Crippen LogP contribution in [0.5, 0.6) is 5.75 Å². The van der Waals surface area contributed by atoms with Gasteiger partial charge in [-0.1, -0.05) is 61.3 Å². The van der Waals surface area contributed by atoms with Crippen molar-refractivity contribution in [1.29, 1.82) is 0 Å². The van der Waals surface area contributed by atoms with Gasteiger partial charge in [-0.15, -0.1) is 0 Å². The standard InChI is InChI=1S/C23H28Cl2N2O3/c1-4-16(3)26-23(29)21(5-2)27(14-17-9-6-7-12-20(17)25)22(28)15-30-19-11-8-10-18(24)13-19/h6-13,16,21H,4-5,14-15H2,1-3H3,(H,26,29)/t16-,21-/m1/s1. The smallest absolute Gasteiger partial charge is 0.261 e. The molecule has 7 heteroatoms. The molecule has 0 aliphatic heterocycles. The maximum atomic E-state index is 13.1. The number of carbonyl (C=O) groups excluding carboxylic acids is 2. The first-order valence-electron chi connectivity index (χ1n) is 10.1. The van der Waals surface area contributed by atoms with E-state index in [0.29, 0.717) is 22.2 Å². The summed E-state index contributed by atoms with van der Waals surface area (Å²) in [6.45, 7) is 5.82. The van der Waals surface area contributed by atoms with Crippen molar-refractivity contribution in [3.8, 4) is 5.75 Å². The summed E-state index contributed by atoms with van der Waals surface area (Å²) in [5, 5.41) is 4.04. The van der Waals surface area contributed by atoms with Crippen LogP contribution < -0.4 is 10.1 Å². The van der Waals surface area contributed by atoms with Crippen LogP contribution in [0, 0.1) is 0 Å². The second kappa shape index (κ2) is 11.8. The molecule has 2 amide bonds. The average molecular weight is 451 g/mol. The number of hydrogen-bond acceptors (Lipinski definition) is 3. The number of ether oxygens (including phenoxy) is 1. The summed E-state index contributed by atoms with van der Waals surface area (Å²) in [6.07, 6.45) is 1.27. The average Bonchev–Trinajstić information content (AvgIpc) is 2.73. The Bertz CT molecular complexity index is 860. The maximum absolute atomic E-state index is 13.1. The molecule has 0 heterocycles. The minimum Gasteiger partial charge on any atom is -0.484 e. The second-order valence-electron chi connectivity index (χ2n) is 7.10. The Morgan fingerprint density at radius 3 is 2.43 bits per heavy atom. The number of amides is 2. The molecular weight excluding hydrogens is 423 g/mol. The van der Waals surface area contributed by atoms with Crippen LogP contribution in [0.25, 0.3) is 0 Å². The van der Waals surface area contributed by atoms with Crippen molar-refractivity contribution in [3.63, 3.8) is 0 Å². The molecule has 2 aromatic rings. The van der Waals surface area contributed by atoms with Gasteiger partial charge in [-0.25, -0.2) is 0 Å². The fourth-order valence-electron chi connectivity index (χ4n) is 2.96. The fourth-order valence-corrected chi connectivity index (χ4v) is 3.33. The summed E-state index contributed by atoms with van der Waals surface area (Å²) in [4.78, 5) is 27.5. The van der Waals surface area contributed by atoms with Gasteiger partial charge in [0.2, 0.25) is 5.91 Å². The van der Waals surface area contributed by atoms with E-state index in [1.54, 1.807) is 30.3 Å². The highest BCUT2D eigenvalue weighted by Gasteiger charge is 2.30. The van der Waals surface area contributed by atoms with Gasteiger partial charge in [0.1, 0.15) is 11.8 Å². The van der Waals surface area contributed by atoms with E-state index < -0.39 is 6.04 Å². The van der Waals surface area contributed by atoms with E-state index in [0.717, 1.165) is 12.0 Å². The molecule has 0 aliphatic carbocycles. The zero-order chi connectivity index (χ0) is 22.1. The highest BCUT2D eigenvalue weighted by Crippen LogP contribution is 2.21. The Kier molecular flexibility index (Phi) is 9.47. The van der Waals surface area contributed by atoms with Gasteiger partial charge in [-0.3, -0.25) is 9.59 Å². The third-order valence-electron chi connectivity index (χ3n) is 4.84. The SMILES string of the molecule is CC[C@@H](C)NC(=O)[C@@H](CC)N(Cc1ccccc1Cl)C(=O)COc1cccc(Cl)c1. The zero-order valence-corrected chi connectivity index (χ0v) is 19.0. The minimum absolute atomic E-state index is 0.0199. The molecule has 0 saturated heterocycles. The molecule has 0 fully saturated rings. The molecule has 0 spiro atoms. The van der Waals surface area contributed by atoms with Crippen molar-refractivity contribution in [1.82, 2.24) is 10.2 Å². The Hall–Kier alpha value is -2.24. The summed E-state index contributed by atoms with van der Waals surface area (Å²) in [6, 6.07) is 13.5. The Balaban J connectivity index is 2.23. The number of benzene rings is 2. The van der Waals surface area contributed by atoms with Crippen LogP contribution in [-0.2, 0) is 16.1 Å². The van der Waals surface area contributed by atoms with Gasteiger partial charge in [0, 0.05) is 22.6 Å². The van der Waals surface area contributed by atoms with E-state index in [1.165, 1.54) is 4.90 Å². The third-order valence-corrected chi connectivity index (χ3v) is 5.45. The van der Waals surface area contributed by atoms with Crippen LogP contribution >= 0.6 is 23.2 Å². The molecule has 162 valence electrons. The maximum Gasteiger partial charge on any atom is 0.261 e. The van der Waals surface area contributed by atoms with Crippen LogP contribution in [0.1, 0.15) is 39.2 Å². The molecule has 2 aromatic carbocycles. The molecule has 0 radical (unpaired) electrons. The van der Waals surface area contributed by atoms with E-state index in [9.17, 15) is 9.59 Å². The molecule has 0 saturated carbocycles. The van der Waals surface area contributed by atoms with Crippen LogP contribution in [0.3, 0.4) is 0 Å². The predicted molar refractivity (Wildman–Crippen MR) is 121 cm³/mol. The summed E-state index contributed by atoms with van der Waals surface area (Å²) < 4.78 is 5.63. The first kappa shape index (κ1) is 24.0. The lowest BCUT2D eigenvalue weighted by Gasteiger charge is -2.31. The molecule has 30 heavy (non-hydrogen) atoms. The van der Waals surface area contributed by atoms with Crippen LogP contribution in [0.4, 0.5) is 0 Å². The van der Waals surface area contributed by atoms with Gasteiger partial charge in [-0.05, 0) is 49.6 Å². The highest BCUT2D eigenvalue weighted by atomic mass is 35.5. The zero-order valence-electron chi connectivity index (χ0n) is 17.5. The van der Waals surface area contributed by atoms with Gasteiger partial charge < -0.3 is 15.0 Å². The normalized spacial score (nSPS) is 12.7. The van der Waals surface area contributed by atoms with Crippen LogP contribution in [-0.4, -0.2) is 35.4 Å². The van der Waals surface area contributed by atoms with Crippen molar-refractivity contribution < 1.29 is 14.3 Å². The summed E-state index contributed by atoms with van der Waals surface area (Å²) >= 11 is 12.3. The van der Waals surface area contributed by atoms with Gasteiger partial charge in [0.15, 0.2) is 6.61 Å². The lowest BCUT2D eigenvalue weighted by atomic mass is 10.1. The molecule has 1 N–H and O–H groups in total. The van der Waals surface area contributed by atoms with Crippen molar-refractivity contribution in [2.45, 2.75) is 52.2 Å². The summed E-state index contributed by atoms with van der Waals surface area (Å²) in [7, 11) is 0. The number of hydrogen-bond donors (Lipinski definition) is 1. The topological polar surface area (TPSA) is 58.6 Å². The molecule has 2 atom stereocenters. The van der Waals surface area contributed by atoms with Gasteiger partial charge in [0.25, 0.3) is 5.91 Å². The summed E-state index contributed by atoms with van der Waals surface area (Å²) in [5.41, 5.74) is 0.769. The summed E-state index contributed by atoms with van der Waals surface area (Å²) in [5.74, 6) is 0.00158. The minimum atomic E-state index is -0.634. The molecule has 0 aliphatic rings. The van der Waals surface area contributed by atoms with E-state index in [2.05, 4.69) is 5.32 Å². The van der Waals surface area contributed by atoms with Gasteiger partial charge in [0.05, 0.1) is 0 Å². The van der Waals surface area contributed by atoms with E-state index in [-0.39, 0.29) is 31.0 Å². The van der Waals surface area contributed by atoms with E-state index in [1.807, 2.05) is 39.0 Å². The van der Waals surface area contributed by atoms with E-state index in [4.69, 9.17) is 27.9 Å². The number of carbonyl (C=O) groups is 2. The number of nitrogens with one attached hydrogen (secondary N) is 1. The molecule has 2 rings (SSSR count). The Morgan fingerprint density at radius 2 is 1.80 bits per heavy atom. The quantitative estimate of drug-likeness (QED) is 0.547. The van der Waals surface area contributed by atoms with Crippen LogP contribution in [0.15, 0.2) is 48.5 Å². The van der Waals surface area contributed by atoms with Crippen molar-refractivity contribution in [2.24, 2.45) is 0 Å². The van der Waals surface area contributed by atoms with Crippen molar-refractivity contribution >= 4 is 35.0 Å². The fraction of sp³-hybridized carbons (Fsp3) is 0.391. The first-order valence-corrected chi connectivity index (χ1v) is 10.8. The molecular formula is C23H28Cl2N2O3. The van der Waals surface area contributed by atoms with E-state index >= 15 is 0 Å². The monoisotopic (exact) mass is 450 g/mol. The lowest BCUT2D eigenvalue weighted by molar-refractivity contribution is -0.143. The predicted octanol–water partition coefficient (Wildman–Crippen LogP) is 5.09. The van der Waals surface area contributed by atoms with Gasteiger partial charge >= 0.3 is 0 Å². The van der Waals surface area contributed by atoms with Crippen molar-refractivity contribution in [2.75, 3.05) is 6.61 Å². The lowest BCUT2D eigenvalue weighted by Crippen LogP contribution is -2.51. The van der Waals surface area contributed by atoms with Gasteiger partial charge in [-0.2, -0.15) is 0 Å². The number of nitrogens with zero attached hydrogens (tertiary/aromatic N) is 1. The number of halogens is 2. The van der Waals surface area contributed by atoms with Crippen molar-refractivity contribution in [3.05, 3.63) is 64.1 Å². The Labute approximate surface area is 188 Å². The Morgan fingerprint density at radius 1 is 1.07 bits per heavy atom. The molecule has 0 aromatic heterocycles. The van der Waals surface area contributed by atoms with Crippen LogP contribution in [0.2, 0.25) is 10.0 Å².